The van der Waals surface area contributed by atoms with E-state index in [1.54, 1.807) is 0 Å². The van der Waals surface area contributed by atoms with Gasteiger partial charge in [-0.3, -0.25) is 4.79 Å². The predicted molar refractivity (Wildman–Crippen MR) is 113 cm³/mol. The molecule has 5 rings (SSSR count). The number of aromatic nitrogens is 2. The fourth-order valence-electron chi connectivity index (χ4n) is 3.65. The molecule has 0 saturated carbocycles. The molecule has 0 saturated heterocycles. The van der Waals surface area contributed by atoms with Crippen LogP contribution in [0.3, 0.4) is 0 Å². The van der Waals surface area contributed by atoms with Gasteiger partial charge in [0.05, 0.1) is 6.54 Å². The van der Waals surface area contributed by atoms with Crippen LogP contribution in [0.25, 0.3) is 17.0 Å². The van der Waals surface area contributed by atoms with Gasteiger partial charge in [-0.15, -0.1) is 0 Å². The van der Waals surface area contributed by atoms with Crippen molar-refractivity contribution in [3.63, 3.8) is 0 Å². The molecule has 0 fully saturated rings. The quantitative estimate of drug-likeness (QED) is 0.541. The number of rotatable bonds is 5. The van der Waals surface area contributed by atoms with Crippen LogP contribution in [0.15, 0.2) is 77.6 Å². The third kappa shape index (κ3) is 3.59. The third-order valence-corrected chi connectivity index (χ3v) is 5.21. The van der Waals surface area contributed by atoms with Gasteiger partial charge in [-0.2, -0.15) is 0 Å². The first kappa shape index (κ1) is 18.2. The van der Waals surface area contributed by atoms with Gasteiger partial charge < -0.3 is 19.1 Å². The summed E-state index contributed by atoms with van der Waals surface area (Å²) in [5.74, 6) is 1.40. The summed E-state index contributed by atoms with van der Waals surface area (Å²) in [5, 5.41) is 6.97. The highest BCUT2D eigenvalue weighted by atomic mass is 16.5. The van der Waals surface area contributed by atoms with Crippen LogP contribution in [-0.4, -0.2) is 21.7 Å². The molecule has 30 heavy (non-hydrogen) atoms. The monoisotopic (exact) mass is 399 g/mol. The van der Waals surface area contributed by atoms with Gasteiger partial charge in [-0.1, -0.05) is 17.3 Å². The molecule has 6 heteroatoms. The van der Waals surface area contributed by atoms with Crippen LogP contribution in [0.1, 0.15) is 28.5 Å². The lowest BCUT2D eigenvalue weighted by Crippen LogP contribution is -2.22. The van der Waals surface area contributed by atoms with E-state index >= 15 is 0 Å². The van der Waals surface area contributed by atoms with E-state index in [0.717, 1.165) is 23.4 Å². The lowest BCUT2D eigenvalue weighted by molar-refractivity contribution is 0.0950. The Morgan fingerprint density at radius 2 is 1.93 bits per heavy atom. The zero-order chi connectivity index (χ0) is 20.5. The molecule has 3 heterocycles. The number of hydrogen-bond donors (Lipinski definition) is 1. The Morgan fingerprint density at radius 3 is 2.73 bits per heavy atom. The van der Waals surface area contributed by atoms with E-state index in [2.05, 4.69) is 23.5 Å². The van der Waals surface area contributed by atoms with Crippen LogP contribution >= 0.6 is 0 Å². The van der Waals surface area contributed by atoms with Crippen molar-refractivity contribution < 1.29 is 14.1 Å². The summed E-state index contributed by atoms with van der Waals surface area (Å²) in [7, 11) is 0. The number of carbonyl (C=O) groups is 1. The molecule has 0 aliphatic carbocycles. The summed E-state index contributed by atoms with van der Waals surface area (Å²) < 4.78 is 13.3. The molecule has 1 aliphatic rings. The number of nitrogens with zero attached hydrogens (tertiary/aromatic N) is 2. The largest absolute Gasteiger partial charge is 0.490 e. The van der Waals surface area contributed by atoms with Crippen molar-refractivity contribution in [1.82, 2.24) is 15.0 Å². The molecule has 1 atom stereocenters. The molecule has 150 valence electrons. The number of benzene rings is 2. The van der Waals surface area contributed by atoms with Gasteiger partial charge in [0.15, 0.2) is 5.76 Å². The Morgan fingerprint density at radius 1 is 1.13 bits per heavy atom. The zero-order valence-electron chi connectivity index (χ0n) is 16.5. The van der Waals surface area contributed by atoms with Crippen molar-refractivity contribution in [3.8, 4) is 22.8 Å². The molecule has 2 aromatic carbocycles. The molecule has 1 N–H and O–H groups in total. The molecule has 0 spiro atoms. The molecule has 1 amide bonds. The Labute approximate surface area is 174 Å². The van der Waals surface area contributed by atoms with Crippen LogP contribution < -0.4 is 10.1 Å². The summed E-state index contributed by atoms with van der Waals surface area (Å²) >= 11 is 0. The van der Waals surface area contributed by atoms with Gasteiger partial charge in [-0.05, 0) is 55.0 Å². The minimum atomic E-state index is -0.154. The topological polar surface area (TPSA) is 69.3 Å². The molecule has 6 nitrogen and oxygen atoms in total. The van der Waals surface area contributed by atoms with Gasteiger partial charge in [0.1, 0.15) is 17.5 Å². The normalized spacial score (nSPS) is 14.9. The van der Waals surface area contributed by atoms with E-state index in [-0.39, 0.29) is 12.0 Å². The van der Waals surface area contributed by atoms with Crippen molar-refractivity contribution in [2.75, 3.05) is 0 Å². The summed E-state index contributed by atoms with van der Waals surface area (Å²) in [6, 6.07) is 19.3. The second kappa shape index (κ2) is 7.55. The van der Waals surface area contributed by atoms with E-state index in [9.17, 15) is 4.79 Å². The van der Waals surface area contributed by atoms with Gasteiger partial charge in [0, 0.05) is 41.7 Å². The molecule has 2 aromatic heterocycles. The number of fused-ring (bicyclic) bond motifs is 1. The molecule has 4 aromatic rings. The second-order valence-electron chi connectivity index (χ2n) is 7.46. The highest BCUT2D eigenvalue weighted by Gasteiger charge is 2.20. The van der Waals surface area contributed by atoms with E-state index in [1.807, 2.05) is 71.6 Å². The summed E-state index contributed by atoms with van der Waals surface area (Å²) in [5.41, 5.74) is 4.39. The highest BCUT2D eigenvalue weighted by Crippen LogP contribution is 2.33. The maximum absolute atomic E-state index is 12.5. The summed E-state index contributed by atoms with van der Waals surface area (Å²) in [6.07, 6.45) is 5.05. The molecule has 0 bridgehead atoms. The predicted octanol–water partition coefficient (Wildman–Crippen LogP) is 4.39. The minimum absolute atomic E-state index is 0.154. The molecular weight excluding hydrogens is 378 g/mol. The van der Waals surface area contributed by atoms with Crippen molar-refractivity contribution >= 4 is 5.91 Å². The zero-order valence-corrected chi connectivity index (χ0v) is 16.5. The lowest BCUT2D eigenvalue weighted by atomic mass is 10.1. The highest BCUT2D eigenvalue weighted by molar-refractivity contribution is 5.94. The van der Waals surface area contributed by atoms with Crippen molar-refractivity contribution in [1.29, 1.82) is 0 Å². The molecule has 1 unspecified atom stereocenters. The average molecular weight is 399 g/mol. The second-order valence-corrected chi connectivity index (χ2v) is 7.46. The Bertz CT molecular complexity index is 1180. The molecule has 0 radical (unpaired) electrons. The SMILES string of the molecule is CC1Cc2ccc(-c3cc(CNC(=O)c4ccc(-n5cccc5)cc4)no3)cc2O1. The van der Waals surface area contributed by atoms with Gasteiger partial charge in [0.2, 0.25) is 0 Å². The Balaban J connectivity index is 1.23. The summed E-state index contributed by atoms with van der Waals surface area (Å²) in [4.78, 5) is 12.5. The standard InChI is InChI=1S/C24H21N3O3/c1-16-12-18-4-5-19(13-22(18)29-16)23-14-20(26-30-23)15-25-24(28)17-6-8-21(9-7-17)27-10-2-3-11-27/h2-11,13-14,16H,12,15H2,1H3,(H,25,28). The van der Waals surface area contributed by atoms with Crippen LogP contribution in [0.2, 0.25) is 0 Å². The smallest absolute Gasteiger partial charge is 0.251 e. The first-order chi connectivity index (χ1) is 14.7. The average Bonchev–Trinajstić information content (AvgIpc) is 3.51. The van der Waals surface area contributed by atoms with E-state index in [0.29, 0.717) is 23.6 Å². The first-order valence-electron chi connectivity index (χ1n) is 9.93. The lowest BCUT2D eigenvalue weighted by Gasteiger charge is -2.06. The van der Waals surface area contributed by atoms with Gasteiger partial charge in [-0.25, -0.2) is 0 Å². The Kier molecular flexibility index (Phi) is 4.59. The van der Waals surface area contributed by atoms with Crippen LogP contribution in [-0.2, 0) is 13.0 Å². The van der Waals surface area contributed by atoms with E-state index < -0.39 is 0 Å². The van der Waals surface area contributed by atoms with Gasteiger partial charge >= 0.3 is 0 Å². The van der Waals surface area contributed by atoms with Crippen molar-refractivity contribution in [2.45, 2.75) is 26.0 Å². The minimum Gasteiger partial charge on any atom is -0.490 e. The van der Waals surface area contributed by atoms with Crippen LogP contribution in [0, 0.1) is 0 Å². The van der Waals surface area contributed by atoms with Crippen molar-refractivity contribution in [2.24, 2.45) is 0 Å². The van der Waals surface area contributed by atoms with E-state index in [1.165, 1.54) is 5.56 Å². The van der Waals surface area contributed by atoms with Crippen molar-refractivity contribution in [3.05, 3.63) is 89.9 Å². The van der Waals surface area contributed by atoms with Gasteiger partial charge in [0.25, 0.3) is 5.91 Å². The first-order valence-corrected chi connectivity index (χ1v) is 9.93. The maximum Gasteiger partial charge on any atom is 0.251 e. The molecule has 1 aliphatic heterocycles. The number of hydrogen-bond acceptors (Lipinski definition) is 4. The fourth-order valence-corrected chi connectivity index (χ4v) is 3.65. The number of nitrogens with one attached hydrogen (secondary N) is 1. The Hall–Kier alpha value is -3.80. The fraction of sp³-hybridized carbons (Fsp3) is 0.167. The maximum atomic E-state index is 12.5. The van der Waals surface area contributed by atoms with Crippen LogP contribution in [0.4, 0.5) is 0 Å². The number of carbonyl (C=O) groups excluding carboxylic acids is 1. The molecular formula is C24H21N3O3. The number of amides is 1. The number of ether oxygens (including phenoxy) is 1. The summed E-state index contributed by atoms with van der Waals surface area (Å²) in [6.45, 7) is 2.35. The third-order valence-electron chi connectivity index (χ3n) is 5.21. The van der Waals surface area contributed by atoms with E-state index in [4.69, 9.17) is 9.26 Å². The van der Waals surface area contributed by atoms with Crippen LogP contribution in [0.5, 0.6) is 5.75 Å².